The van der Waals surface area contributed by atoms with Gasteiger partial charge in [-0.3, -0.25) is 0 Å². The Bertz CT molecular complexity index is 548. The molecule has 20 heavy (non-hydrogen) atoms. The van der Waals surface area contributed by atoms with Gasteiger partial charge in [-0.25, -0.2) is 4.98 Å². The second-order valence-electron chi connectivity index (χ2n) is 4.99. The van der Waals surface area contributed by atoms with E-state index in [1.54, 1.807) is 0 Å². The summed E-state index contributed by atoms with van der Waals surface area (Å²) in [6.07, 6.45) is 4.75. The number of nitrogens with zero attached hydrogens (tertiary/aromatic N) is 3. The summed E-state index contributed by atoms with van der Waals surface area (Å²) in [5, 5.41) is 6.69. The van der Waals surface area contributed by atoms with Gasteiger partial charge in [-0.15, -0.1) is 11.3 Å². The van der Waals surface area contributed by atoms with Crippen molar-refractivity contribution >= 4 is 16.5 Å². The fraction of sp³-hybridized carbons (Fsp3) is 0.615. The van der Waals surface area contributed by atoms with Crippen LogP contribution in [0, 0.1) is 0 Å². The summed E-state index contributed by atoms with van der Waals surface area (Å²) in [7, 11) is 0. The predicted molar refractivity (Wildman–Crippen MR) is 75.6 cm³/mol. The molecule has 0 spiro atoms. The maximum absolute atomic E-state index is 5.60. The van der Waals surface area contributed by atoms with Gasteiger partial charge in [0.15, 0.2) is 11.0 Å². The normalized spacial score (nSPS) is 19.3. The Morgan fingerprint density at radius 3 is 3.05 bits per heavy atom. The molecule has 2 aromatic rings. The van der Waals surface area contributed by atoms with Crippen molar-refractivity contribution in [2.24, 2.45) is 0 Å². The van der Waals surface area contributed by atoms with Crippen LogP contribution in [0.15, 0.2) is 9.90 Å². The molecule has 0 aliphatic carbocycles. The van der Waals surface area contributed by atoms with Gasteiger partial charge in [0.25, 0.3) is 0 Å². The maximum atomic E-state index is 5.60. The Labute approximate surface area is 121 Å². The molecule has 1 unspecified atom stereocenters. The number of nitrogens with two attached hydrogens (primary N) is 1. The minimum Gasteiger partial charge on any atom is -0.381 e. The molecule has 2 aromatic heterocycles. The molecule has 1 aliphatic rings. The molecule has 0 bridgehead atoms. The van der Waals surface area contributed by atoms with E-state index in [9.17, 15) is 0 Å². The third kappa shape index (κ3) is 3.34. The molecule has 3 rings (SSSR count). The average molecular weight is 294 g/mol. The number of anilines is 1. The van der Waals surface area contributed by atoms with Gasteiger partial charge in [0.2, 0.25) is 5.89 Å². The fourth-order valence-corrected chi connectivity index (χ4v) is 2.94. The van der Waals surface area contributed by atoms with Crippen molar-refractivity contribution in [3.63, 3.8) is 0 Å². The van der Waals surface area contributed by atoms with Gasteiger partial charge in [-0.2, -0.15) is 4.98 Å². The zero-order valence-corrected chi connectivity index (χ0v) is 12.1. The van der Waals surface area contributed by atoms with Crippen LogP contribution in [-0.2, 0) is 17.6 Å². The lowest BCUT2D eigenvalue weighted by Crippen LogP contribution is -2.16. The largest absolute Gasteiger partial charge is 0.381 e. The highest BCUT2D eigenvalue weighted by Gasteiger charge is 2.21. The SMILES string of the molecule is Nc1nc(CCCc2nc(C3CCCOC3)no2)cs1. The first-order chi connectivity index (χ1) is 9.81. The first-order valence-electron chi connectivity index (χ1n) is 6.91. The van der Waals surface area contributed by atoms with E-state index in [0.717, 1.165) is 50.2 Å². The van der Waals surface area contributed by atoms with Crippen molar-refractivity contribution in [1.82, 2.24) is 15.1 Å². The van der Waals surface area contributed by atoms with Gasteiger partial charge < -0.3 is 15.0 Å². The molecule has 1 fully saturated rings. The van der Waals surface area contributed by atoms with E-state index in [0.29, 0.717) is 23.5 Å². The van der Waals surface area contributed by atoms with Crippen molar-refractivity contribution in [3.8, 4) is 0 Å². The molecule has 1 saturated heterocycles. The highest BCUT2D eigenvalue weighted by Crippen LogP contribution is 2.23. The predicted octanol–water partition coefficient (Wildman–Crippen LogP) is 2.18. The fourth-order valence-electron chi connectivity index (χ4n) is 2.34. The van der Waals surface area contributed by atoms with E-state index in [4.69, 9.17) is 15.0 Å². The maximum Gasteiger partial charge on any atom is 0.226 e. The number of hydrogen-bond acceptors (Lipinski definition) is 7. The van der Waals surface area contributed by atoms with E-state index >= 15 is 0 Å². The Morgan fingerprint density at radius 2 is 2.30 bits per heavy atom. The van der Waals surface area contributed by atoms with Crippen LogP contribution in [0.4, 0.5) is 5.13 Å². The minimum atomic E-state index is 0.291. The molecular weight excluding hydrogens is 276 g/mol. The second-order valence-corrected chi connectivity index (χ2v) is 5.88. The molecule has 0 aromatic carbocycles. The van der Waals surface area contributed by atoms with Gasteiger partial charge in [-0.1, -0.05) is 5.16 Å². The summed E-state index contributed by atoms with van der Waals surface area (Å²) in [4.78, 5) is 8.70. The summed E-state index contributed by atoms with van der Waals surface area (Å²) in [6.45, 7) is 1.55. The lowest BCUT2D eigenvalue weighted by Gasteiger charge is -2.18. The summed E-state index contributed by atoms with van der Waals surface area (Å²) >= 11 is 1.47. The number of aromatic nitrogens is 3. The number of ether oxygens (including phenoxy) is 1. The van der Waals surface area contributed by atoms with Gasteiger partial charge in [0.1, 0.15) is 0 Å². The molecule has 1 aliphatic heterocycles. The van der Waals surface area contributed by atoms with Crippen LogP contribution >= 0.6 is 11.3 Å². The van der Waals surface area contributed by atoms with E-state index in [2.05, 4.69) is 15.1 Å². The molecule has 3 heterocycles. The Morgan fingerprint density at radius 1 is 1.35 bits per heavy atom. The van der Waals surface area contributed by atoms with Gasteiger partial charge in [-0.05, 0) is 25.7 Å². The third-order valence-electron chi connectivity index (χ3n) is 3.40. The molecule has 0 saturated carbocycles. The highest BCUT2D eigenvalue weighted by atomic mass is 32.1. The van der Waals surface area contributed by atoms with Gasteiger partial charge >= 0.3 is 0 Å². The average Bonchev–Trinajstić information content (AvgIpc) is 3.09. The summed E-state index contributed by atoms with van der Waals surface area (Å²) in [5.41, 5.74) is 6.64. The van der Waals surface area contributed by atoms with Crippen LogP contribution in [-0.4, -0.2) is 28.3 Å². The molecular formula is C13H18N4O2S. The van der Waals surface area contributed by atoms with Crippen molar-refractivity contribution in [2.45, 2.75) is 38.0 Å². The summed E-state index contributed by atoms with van der Waals surface area (Å²) < 4.78 is 10.7. The molecule has 0 radical (unpaired) electrons. The van der Waals surface area contributed by atoms with Crippen LogP contribution in [0.1, 0.15) is 42.6 Å². The molecule has 6 nitrogen and oxygen atoms in total. The first-order valence-corrected chi connectivity index (χ1v) is 7.79. The number of thiazole rings is 1. The molecule has 2 N–H and O–H groups in total. The van der Waals surface area contributed by atoms with Crippen LogP contribution in [0.2, 0.25) is 0 Å². The second kappa shape index (κ2) is 6.32. The van der Waals surface area contributed by atoms with Crippen molar-refractivity contribution < 1.29 is 9.26 Å². The minimum absolute atomic E-state index is 0.291. The number of hydrogen-bond donors (Lipinski definition) is 1. The Kier molecular flexibility index (Phi) is 4.27. The van der Waals surface area contributed by atoms with Crippen LogP contribution in [0.5, 0.6) is 0 Å². The smallest absolute Gasteiger partial charge is 0.226 e. The number of aryl methyl sites for hydroxylation is 2. The highest BCUT2D eigenvalue weighted by molar-refractivity contribution is 7.13. The van der Waals surface area contributed by atoms with Crippen LogP contribution in [0.25, 0.3) is 0 Å². The van der Waals surface area contributed by atoms with E-state index in [-0.39, 0.29) is 0 Å². The zero-order valence-electron chi connectivity index (χ0n) is 11.2. The standard InChI is InChI=1S/C13H18N4O2S/c14-13-15-10(8-20-13)4-1-5-11-16-12(17-19-11)9-3-2-6-18-7-9/h8-9H,1-7H2,(H2,14,15). The molecule has 108 valence electrons. The topological polar surface area (TPSA) is 87.1 Å². The number of rotatable bonds is 5. The lowest BCUT2D eigenvalue weighted by molar-refractivity contribution is 0.0773. The molecule has 1 atom stereocenters. The monoisotopic (exact) mass is 294 g/mol. The summed E-state index contributed by atoms with van der Waals surface area (Å²) in [6, 6.07) is 0. The molecule has 0 amide bonds. The van der Waals surface area contributed by atoms with E-state index < -0.39 is 0 Å². The molecule has 7 heteroatoms. The van der Waals surface area contributed by atoms with Crippen LogP contribution in [0.3, 0.4) is 0 Å². The Hall–Kier alpha value is -1.47. The van der Waals surface area contributed by atoms with Gasteiger partial charge in [0, 0.05) is 24.3 Å². The zero-order chi connectivity index (χ0) is 13.8. The number of nitrogen functional groups attached to an aromatic ring is 1. The van der Waals surface area contributed by atoms with E-state index in [1.165, 1.54) is 11.3 Å². The quantitative estimate of drug-likeness (QED) is 0.909. The first kappa shape index (κ1) is 13.5. The van der Waals surface area contributed by atoms with Crippen molar-refractivity contribution in [2.75, 3.05) is 18.9 Å². The van der Waals surface area contributed by atoms with Crippen molar-refractivity contribution in [1.29, 1.82) is 0 Å². The summed E-state index contributed by atoms with van der Waals surface area (Å²) in [5.74, 6) is 1.78. The Balaban J connectivity index is 1.49. The van der Waals surface area contributed by atoms with Crippen LogP contribution < -0.4 is 5.73 Å². The lowest BCUT2D eigenvalue weighted by atomic mass is 10.0. The third-order valence-corrected chi connectivity index (χ3v) is 4.13. The van der Waals surface area contributed by atoms with Gasteiger partial charge in [0.05, 0.1) is 12.3 Å². The van der Waals surface area contributed by atoms with E-state index in [1.807, 2.05) is 5.38 Å². The van der Waals surface area contributed by atoms with Crippen molar-refractivity contribution in [3.05, 3.63) is 22.8 Å².